The Bertz CT molecular complexity index is 1440. The molecule has 0 unspecified atom stereocenters. The second-order valence-corrected chi connectivity index (χ2v) is 8.43. The number of aromatic carboxylic acids is 1. The lowest BCUT2D eigenvalue weighted by atomic mass is 9.99. The maximum atomic E-state index is 10.2. The number of fused-ring (bicyclic) bond motifs is 1. The van der Waals surface area contributed by atoms with E-state index >= 15 is 0 Å². The largest absolute Gasteiger partial charge is 0.478 e. The molecule has 0 spiro atoms. The summed E-state index contributed by atoms with van der Waals surface area (Å²) in [6.45, 7) is 2.93. The predicted octanol–water partition coefficient (Wildman–Crippen LogP) is 6.99. The van der Waals surface area contributed by atoms with Crippen molar-refractivity contribution in [2.75, 3.05) is 0 Å². The first kappa shape index (κ1) is 23.7. The Morgan fingerprint density at radius 3 is 2.06 bits per heavy atom. The second kappa shape index (κ2) is 11.1. The van der Waals surface area contributed by atoms with Crippen molar-refractivity contribution in [2.45, 2.75) is 19.9 Å². The molecule has 0 aliphatic carbocycles. The highest BCUT2D eigenvalue weighted by atomic mass is 16.4. The zero-order valence-electron chi connectivity index (χ0n) is 19.7. The van der Waals surface area contributed by atoms with Crippen molar-refractivity contribution in [1.82, 2.24) is 4.57 Å². The van der Waals surface area contributed by atoms with Crippen molar-refractivity contribution in [3.63, 3.8) is 0 Å². The van der Waals surface area contributed by atoms with Crippen molar-refractivity contribution >= 4 is 22.6 Å². The van der Waals surface area contributed by atoms with Gasteiger partial charge < -0.3 is 15.1 Å². The third kappa shape index (κ3) is 5.92. The Hall–Kier alpha value is -4.44. The molecule has 4 nitrogen and oxygen atoms in total. The number of carboxylic acids is 1. The molecule has 0 aliphatic heterocycles. The smallest absolute Gasteiger partial charge is 0.335 e. The molecular weight excluding hydrogens is 432 g/mol. The summed E-state index contributed by atoms with van der Waals surface area (Å²) in [6, 6.07) is 35.5. The molecule has 0 saturated carbocycles. The van der Waals surface area contributed by atoms with E-state index in [-0.39, 0.29) is 0 Å². The van der Waals surface area contributed by atoms with Gasteiger partial charge in [0.25, 0.3) is 0 Å². The number of hydrogen-bond acceptors (Lipinski definition) is 2. The molecule has 0 bridgehead atoms. The summed E-state index contributed by atoms with van der Waals surface area (Å²) in [6.07, 6.45) is 2.80. The van der Waals surface area contributed by atoms with Crippen LogP contribution in [0.4, 0.5) is 0 Å². The van der Waals surface area contributed by atoms with E-state index < -0.39 is 5.97 Å². The number of nitrogens with one attached hydrogen (secondary N) is 1. The molecule has 2 N–H and O–H groups in total. The first-order chi connectivity index (χ1) is 17.0. The van der Waals surface area contributed by atoms with E-state index in [0.29, 0.717) is 17.7 Å². The topological polar surface area (TPSA) is 66.1 Å². The molecule has 1 aromatic heterocycles. The van der Waals surface area contributed by atoms with Crippen LogP contribution in [0.1, 0.15) is 32.6 Å². The Kier molecular flexibility index (Phi) is 7.53. The van der Waals surface area contributed by atoms with Gasteiger partial charge in [0.05, 0.1) is 5.56 Å². The van der Waals surface area contributed by atoms with Gasteiger partial charge in [-0.15, -0.1) is 0 Å². The molecule has 1 heterocycles. The van der Waals surface area contributed by atoms with Crippen LogP contribution in [-0.2, 0) is 13.0 Å². The minimum absolute atomic E-state index is 0.331. The van der Waals surface area contributed by atoms with Crippen LogP contribution in [0.2, 0.25) is 0 Å². The number of aromatic nitrogens is 1. The average molecular weight is 461 g/mol. The number of carbonyl (C=O) groups is 1. The summed E-state index contributed by atoms with van der Waals surface area (Å²) >= 11 is 0. The van der Waals surface area contributed by atoms with Gasteiger partial charge in [-0.25, -0.2) is 4.79 Å². The fourth-order valence-corrected chi connectivity index (χ4v) is 4.07. The molecule has 5 aromatic rings. The summed E-state index contributed by atoms with van der Waals surface area (Å²) in [5, 5.41) is 18.3. The van der Waals surface area contributed by atoms with Crippen LogP contribution in [0, 0.1) is 12.3 Å². The van der Waals surface area contributed by atoms with E-state index in [2.05, 4.69) is 78.4 Å². The standard InChI is InChI=1S/C24H22N2.C7H6O2/c1-18-9-5-6-12-20(18)15-23(25)22-17-26(16-19-10-3-2-4-11-19)24-14-8-7-13-21(22)24;8-7(9)6-4-2-1-3-5-6/h2-14,17,25H,15-16H2,1H3;1-5H,(H,8,9). The third-order valence-corrected chi connectivity index (χ3v) is 5.96. The highest BCUT2D eigenvalue weighted by Crippen LogP contribution is 2.24. The molecule has 5 rings (SSSR count). The lowest BCUT2D eigenvalue weighted by Gasteiger charge is -2.06. The number of rotatable bonds is 6. The van der Waals surface area contributed by atoms with E-state index in [9.17, 15) is 4.79 Å². The summed E-state index contributed by atoms with van der Waals surface area (Å²) in [4.78, 5) is 10.2. The van der Waals surface area contributed by atoms with E-state index in [0.717, 1.165) is 17.5 Å². The van der Waals surface area contributed by atoms with Gasteiger partial charge in [0.1, 0.15) is 0 Å². The van der Waals surface area contributed by atoms with E-state index in [1.807, 2.05) is 18.2 Å². The summed E-state index contributed by atoms with van der Waals surface area (Å²) in [7, 11) is 0. The van der Waals surface area contributed by atoms with Crippen molar-refractivity contribution in [1.29, 1.82) is 5.41 Å². The Balaban J connectivity index is 0.000000271. The maximum Gasteiger partial charge on any atom is 0.335 e. The molecule has 0 radical (unpaired) electrons. The molecule has 0 atom stereocenters. The molecule has 4 heteroatoms. The SMILES string of the molecule is Cc1ccccc1CC(=N)c1cn(Cc2ccccc2)c2ccccc12.O=C(O)c1ccccc1. The Morgan fingerprint density at radius 1 is 0.800 bits per heavy atom. The fraction of sp³-hybridized carbons (Fsp3) is 0.0968. The number of carboxylic acid groups (broad SMARTS) is 1. The number of nitrogens with zero attached hydrogens (tertiary/aromatic N) is 1. The highest BCUT2D eigenvalue weighted by molar-refractivity contribution is 6.10. The summed E-state index contributed by atoms with van der Waals surface area (Å²) in [5.74, 6) is -0.879. The predicted molar refractivity (Wildman–Crippen MR) is 143 cm³/mol. The van der Waals surface area contributed by atoms with Crippen LogP contribution in [0.15, 0.2) is 115 Å². The highest BCUT2D eigenvalue weighted by Gasteiger charge is 2.13. The lowest BCUT2D eigenvalue weighted by Crippen LogP contribution is -2.04. The van der Waals surface area contributed by atoms with Gasteiger partial charge in [0, 0.05) is 41.3 Å². The number of aryl methyl sites for hydroxylation is 1. The van der Waals surface area contributed by atoms with Crippen molar-refractivity contribution in [3.05, 3.63) is 143 Å². The fourth-order valence-electron chi connectivity index (χ4n) is 4.07. The molecule has 0 fully saturated rings. The minimum Gasteiger partial charge on any atom is -0.478 e. The van der Waals surface area contributed by atoms with Crippen LogP contribution >= 0.6 is 0 Å². The van der Waals surface area contributed by atoms with Crippen LogP contribution in [-0.4, -0.2) is 21.4 Å². The van der Waals surface area contributed by atoms with Gasteiger partial charge >= 0.3 is 5.97 Å². The molecular formula is C31H28N2O2. The Morgan fingerprint density at radius 2 is 1.40 bits per heavy atom. The minimum atomic E-state index is -0.879. The van der Waals surface area contributed by atoms with Gasteiger partial charge in [-0.1, -0.05) is 91.0 Å². The van der Waals surface area contributed by atoms with Crippen LogP contribution < -0.4 is 0 Å². The van der Waals surface area contributed by atoms with Crippen molar-refractivity contribution in [3.8, 4) is 0 Å². The van der Waals surface area contributed by atoms with Crippen molar-refractivity contribution < 1.29 is 9.90 Å². The molecule has 4 aromatic carbocycles. The third-order valence-electron chi connectivity index (χ3n) is 5.96. The molecule has 174 valence electrons. The zero-order valence-corrected chi connectivity index (χ0v) is 19.7. The first-order valence-corrected chi connectivity index (χ1v) is 11.6. The van der Waals surface area contributed by atoms with Gasteiger partial charge in [0.15, 0.2) is 0 Å². The van der Waals surface area contributed by atoms with E-state index in [1.54, 1.807) is 30.3 Å². The number of para-hydroxylation sites is 1. The van der Waals surface area contributed by atoms with Gasteiger partial charge in [0.2, 0.25) is 0 Å². The zero-order chi connectivity index (χ0) is 24.6. The van der Waals surface area contributed by atoms with Gasteiger partial charge in [-0.3, -0.25) is 0 Å². The van der Waals surface area contributed by atoms with E-state index in [1.165, 1.54) is 22.2 Å². The van der Waals surface area contributed by atoms with Crippen LogP contribution in [0.25, 0.3) is 10.9 Å². The normalized spacial score (nSPS) is 10.4. The van der Waals surface area contributed by atoms with Crippen LogP contribution in [0.5, 0.6) is 0 Å². The summed E-state index contributed by atoms with van der Waals surface area (Å²) in [5.41, 5.74) is 6.94. The number of hydrogen-bond donors (Lipinski definition) is 2. The molecule has 0 amide bonds. The second-order valence-electron chi connectivity index (χ2n) is 8.43. The molecule has 0 aliphatic rings. The average Bonchev–Trinajstić information content (AvgIpc) is 3.25. The van der Waals surface area contributed by atoms with Crippen molar-refractivity contribution in [2.24, 2.45) is 0 Å². The first-order valence-electron chi connectivity index (χ1n) is 11.6. The van der Waals surface area contributed by atoms with E-state index in [4.69, 9.17) is 10.5 Å². The lowest BCUT2D eigenvalue weighted by molar-refractivity contribution is 0.0697. The van der Waals surface area contributed by atoms with Crippen LogP contribution in [0.3, 0.4) is 0 Å². The number of benzene rings is 4. The Labute approximate surface area is 205 Å². The monoisotopic (exact) mass is 460 g/mol. The van der Waals surface area contributed by atoms with Gasteiger partial charge in [-0.2, -0.15) is 0 Å². The van der Waals surface area contributed by atoms with Gasteiger partial charge in [-0.05, 0) is 41.8 Å². The summed E-state index contributed by atoms with van der Waals surface area (Å²) < 4.78 is 2.26. The maximum absolute atomic E-state index is 10.2. The molecule has 35 heavy (non-hydrogen) atoms. The quantitative estimate of drug-likeness (QED) is 0.268. The molecule has 0 saturated heterocycles.